The van der Waals surface area contributed by atoms with Crippen molar-refractivity contribution in [1.82, 2.24) is 0 Å². The zero-order chi connectivity index (χ0) is 12.1. The molecule has 2 atom stereocenters. The molecule has 1 aromatic carbocycles. The lowest BCUT2D eigenvalue weighted by atomic mass is 9.97. The molecule has 0 bridgehead atoms. The van der Waals surface area contributed by atoms with E-state index >= 15 is 0 Å². The van der Waals surface area contributed by atoms with E-state index in [0.29, 0.717) is 5.56 Å². The SMILES string of the molecule is NCCC(O)C(O)c1ccccc1C(N)=O. The highest BCUT2D eigenvalue weighted by Crippen LogP contribution is 2.22. The first kappa shape index (κ1) is 12.6. The highest BCUT2D eigenvalue weighted by Gasteiger charge is 2.21. The number of hydrogen-bond acceptors (Lipinski definition) is 4. The van der Waals surface area contributed by atoms with E-state index < -0.39 is 18.1 Å². The number of aliphatic hydroxyl groups excluding tert-OH is 2. The van der Waals surface area contributed by atoms with E-state index in [0.717, 1.165) is 0 Å². The molecule has 5 heteroatoms. The third-order valence-electron chi connectivity index (χ3n) is 2.37. The number of primary amides is 1. The number of amides is 1. The van der Waals surface area contributed by atoms with Crippen LogP contribution >= 0.6 is 0 Å². The summed E-state index contributed by atoms with van der Waals surface area (Å²) in [4.78, 5) is 11.1. The Morgan fingerprint density at radius 2 is 1.94 bits per heavy atom. The highest BCUT2D eigenvalue weighted by molar-refractivity contribution is 5.94. The monoisotopic (exact) mass is 224 g/mol. The van der Waals surface area contributed by atoms with Crippen LogP contribution in [0.15, 0.2) is 24.3 Å². The van der Waals surface area contributed by atoms with Crippen molar-refractivity contribution in [2.24, 2.45) is 11.5 Å². The topological polar surface area (TPSA) is 110 Å². The van der Waals surface area contributed by atoms with Gasteiger partial charge in [0, 0.05) is 5.56 Å². The predicted octanol–water partition coefficient (Wildman–Crippen LogP) is -0.471. The Morgan fingerprint density at radius 3 is 2.50 bits per heavy atom. The Hall–Kier alpha value is -1.43. The fourth-order valence-electron chi connectivity index (χ4n) is 1.52. The molecule has 0 heterocycles. The van der Waals surface area contributed by atoms with Crippen molar-refractivity contribution >= 4 is 5.91 Å². The number of nitrogens with two attached hydrogens (primary N) is 2. The van der Waals surface area contributed by atoms with Gasteiger partial charge in [0.25, 0.3) is 0 Å². The second-order valence-corrected chi connectivity index (χ2v) is 3.54. The van der Waals surface area contributed by atoms with Gasteiger partial charge >= 0.3 is 0 Å². The number of rotatable bonds is 5. The number of hydrogen-bond donors (Lipinski definition) is 4. The predicted molar refractivity (Wildman–Crippen MR) is 59.6 cm³/mol. The zero-order valence-corrected chi connectivity index (χ0v) is 8.84. The van der Waals surface area contributed by atoms with E-state index in [1.165, 1.54) is 6.07 Å². The van der Waals surface area contributed by atoms with Crippen LogP contribution < -0.4 is 11.5 Å². The number of aliphatic hydroxyl groups is 2. The lowest BCUT2D eigenvalue weighted by Crippen LogP contribution is -2.24. The van der Waals surface area contributed by atoms with Gasteiger partial charge in [-0.3, -0.25) is 4.79 Å². The van der Waals surface area contributed by atoms with Crippen LogP contribution in [0.25, 0.3) is 0 Å². The first-order chi connectivity index (χ1) is 7.57. The Morgan fingerprint density at radius 1 is 1.31 bits per heavy atom. The van der Waals surface area contributed by atoms with E-state index in [9.17, 15) is 15.0 Å². The van der Waals surface area contributed by atoms with Gasteiger partial charge in [0.1, 0.15) is 6.10 Å². The van der Waals surface area contributed by atoms with Crippen LogP contribution in [0.2, 0.25) is 0 Å². The van der Waals surface area contributed by atoms with Crippen molar-refractivity contribution in [1.29, 1.82) is 0 Å². The molecule has 0 spiro atoms. The van der Waals surface area contributed by atoms with Crippen molar-refractivity contribution in [2.45, 2.75) is 18.6 Å². The average molecular weight is 224 g/mol. The summed E-state index contributed by atoms with van der Waals surface area (Å²) in [5.74, 6) is -0.630. The average Bonchev–Trinajstić information content (AvgIpc) is 2.28. The van der Waals surface area contributed by atoms with Gasteiger partial charge in [0.05, 0.1) is 6.10 Å². The van der Waals surface area contributed by atoms with Gasteiger partial charge in [-0.15, -0.1) is 0 Å². The van der Waals surface area contributed by atoms with E-state index in [-0.39, 0.29) is 18.5 Å². The van der Waals surface area contributed by atoms with Gasteiger partial charge in [-0.2, -0.15) is 0 Å². The second-order valence-electron chi connectivity index (χ2n) is 3.54. The summed E-state index contributed by atoms with van der Waals surface area (Å²) in [6.45, 7) is 0.261. The molecule has 16 heavy (non-hydrogen) atoms. The maximum atomic E-state index is 11.1. The van der Waals surface area contributed by atoms with Crippen LogP contribution in [-0.4, -0.2) is 28.8 Å². The van der Waals surface area contributed by atoms with Crippen LogP contribution in [0.3, 0.4) is 0 Å². The molecule has 0 fully saturated rings. The second kappa shape index (κ2) is 5.60. The zero-order valence-electron chi connectivity index (χ0n) is 8.84. The molecule has 0 saturated carbocycles. The number of carbonyl (C=O) groups is 1. The van der Waals surface area contributed by atoms with Crippen molar-refractivity contribution < 1.29 is 15.0 Å². The summed E-state index contributed by atoms with van der Waals surface area (Å²) in [6, 6.07) is 6.38. The summed E-state index contributed by atoms with van der Waals surface area (Å²) in [5, 5.41) is 19.4. The third kappa shape index (κ3) is 2.79. The first-order valence-electron chi connectivity index (χ1n) is 5.03. The molecule has 1 aromatic rings. The molecule has 2 unspecified atom stereocenters. The smallest absolute Gasteiger partial charge is 0.249 e. The van der Waals surface area contributed by atoms with Gasteiger partial charge < -0.3 is 21.7 Å². The van der Waals surface area contributed by atoms with Gasteiger partial charge in [-0.05, 0) is 24.6 Å². The van der Waals surface area contributed by atoms with Crippen LogP contribution in [-0.2, 0) is 0 Å². The largest absolute Gasteiger partial charge is 0.390 e. The summed E-state index contributed by atoms with van der Waals surface area (Å²) >= 11 is 0. The summed E-state index contributed by atoms with van der Waals surface area (Å²) in [7, 11) is 0. The van der Waals surface area contributed by atoms with Crippen molar-refractivity contribution in [3.8, 4) is 0 Å². The number of benzene rings is 1. The molecular weight excluding hydrogens is 208 g/mol. The van der Waals surface area contributed by atoms with E-state index in [4.69, 9.17) is 11.5 Å². The van der Waals surface area contributed by atoms with Crippen LogP contribution in [0.1, 0.15) is 28.4 Å². The molecule has 88 valence electrons. The van der Waals surface area contributed by atoms with Crippen molar-refractivity contribution in [2.75, 3.05) is 6.54 Å². The van der Waals surface area contributed by atoms with Crippen molar-refractivity contribution in [3.05, 3.63) is 35.4 Å². The third-order valence-corrected chi connectivity index (χ3v) is 2.37. The molecule has 0 radical (unpaired) electrons. The van der Waals surface area contributed by atoms with Crippen LogP contribution in [0, 0.1) is 0 Å². The van der Waals surface area contributed by atoms with E-state index in [2.05, 4.69) is 0 Å². The van der Waals surface area contributed by atoms with Gasteiger partial charge in [0.15, 0.2) is 0 Å². The maximum absolute atomic E-state index is 11.1. The molecule has 0 saturated heterocycles. The minimum absolute atomic E-state index is 0.214. The standard InChI is InChI=1S/C11H16N2O3/c12-6-5-9(14)10(15)7-3-1-2-4-8(7)11(13)16/h1-4,9-10,14-15H,5-6,12H2,(H2,13,16). The lowest BCUT2D eigenvalue weighted by Gasteiger charge is -2.19. The molecular formula is C11H16N2O3. The molecule has 1 amide bonds. The molecule has 5 nitrogen and oxygen atoms in total. The summed E-state index contributed by atoms with van der Waals surface area (Å²) < 4.78 is 0. The lowest BCUT2D eigenvalue weighted by molar-refractivity contribution is 0.0146. The maximum Gasteiger partial charge on any atom is 0.249 e. The van der Waals surface area contributed by atoms with Crippen LogP contribution in [0.4, 0.5) is 0 Å². The fourth-order valence-corrected chi connectivity index (χ4v) is 1.52. The first-order valence-corrected chi connectivity index (χ1v) is 5.03. The normalized spacial score (nSPS) is 14.4. The Balaban J connectivity index is 2.98. The number of carbonyl (C=O) groups excluding carboxylic acids is 1. The van der Waals surface area contributed by atoms with Gasteiger partial charge in [-0.1, -0.05) is 18.2 Å². The van der Waals surface area contributed by atoms with E-state index in [1.54, 1.807) is 18.2 Å². The molecule has 0 aliphatic heterocycles. The molecule has 1 rings (SSSR count). The molecule has 0 aliphatic carbocycles. The summed E-state index contributed by atoms with van der Waals surface area (Å²) in [6.07, 6.45) is -1.88. The van der Waals surface area contributed by atoms with E-state index in [1.807, 2.05) is 0 Å². The Bertz CT molecular complexity index is 368. The quantitative estimate of drug-likeness (QED) is 0.542. The molecule has 0 aromatic heterocycles. The molecule has 6 N–H and O–H groups in total. The Kier molecular flexibility index (Phi) is 4.42. The Labute approximate surface area is 93.7 Å². The van der Waals surface area contributed by atoms with Crippen molar-refractivity contribution in [3.63, 3.8) is 0 Å². The molecule has 0 aliphatic rings. The fraction of sp³-hybridized carbons (Fsp3) is 0.364. The van der Waals surface area contributed by atoms with Crippen LogP contribution in [0.5, 0.6) is 0 Å². The minimum atomic E-state index is -1.15. The van der Waals surface area contributed by atoms with Gasteiger partial charge in [-0.25, -0.2) is 0 Å². The minimum Gasteiger partial charge on any atom is -0.390 e. The van der Waals surface area contributed by atoms with Gasteiger partial charge in [0.2, 0.25) is 5.91 Å². The highest BCUT2D eigenvalue weighted by atomic mass is 16.3. The summed E-state index contributed by atoms with van der Waals surface area (Å²) in [5.41, 5.74) is 11.0.